The zero-order valence-electron chi connectivity index (χ0n) is 13.3. The number of hydrogen-bond donors (Lipinski definition) is 2. The zero-order valence-corrected chi connectivity index (χ0v) is 14.9. The van der Waals surface area contributed by atoms with Crippen molar-refractivity contribution in [3.05, 3.63) is 45.6 Å². The molecular formula is C16H20ClN3O2S. The van der Waals surface area contributed by atoms with Crippen LogP contribution in [0.1, 0.15) is 11.6 Å². The summed E-state index contributed by atoms with van der Waals surface area (Å²) in [5.74, 6) is 0.572. The van der Waals surface area contributed by atoms with Crippen LogP contribution in [0.25, 0.3) is 0 Å². The summed E-state index contributed by atoms with van der Waals surface area (Å²) in [6, 6.07) is 7.04. The molecule has 0 saturated carbocycles. The molecule has 7 heteroatoms. The SMILES string of the molecule is COc1ccc(NC(=O)NC[C@@H](c2ccsc2)N(C)C)cc1Cl. The van der Waals surface area contributed by atoms with Gasteiger partial charge in [0, 0.05) is 12.2 Å². The Labute approximate surface area is 145 Å². The molecule has 1 aromatic heterocycles. The third-order valence-corrected chi connectivity index (χ3v) is 4.41. The molecule has 0 unspecified atom stereocenters. The summed E-state index contributed by atoms with van der Waals surface area (Å²) in [7, 11) is 5.53. The monoisotopic (exact) mass is 353 g/mol. The van der Waals surface area contributed by atoms with Crippen LogP contribution in [0.3, 0.4) is 0 Å². The summed E-state index contributed by atoms with van der Waals surface area (Å²) >= 11 is 7.69. The Morgan fingerprint density at radius 2 is 2.17 bits per heavy atom. The van der Waals surface area contributed by atoms with Crippen molar-refractivity contribution < 1.29 is 9.53 Å². The summed E-state index contributed by atoms with van der Waals surface area (Å²) in [6.45, 7) is 0.513. The number of rotatable bonds is 6. The first-order valence-electron chi connectivity index (χ1n) is 7.08. The Morgan fingerprint density at radius 3 is 2.74 bits per heavy atom. The van der Waals surface area contributed by atoms with Gasteiger partial charge in [0.25, 0.3) is 0 Å². The third kappa shape index (κ3) is 4.86. The van der Waals surface area contributed by atoms with Crippen molar-refractivity contribution >= 4 is 34.7 Å². The molecule has 0 spiro atoms. The number of halogens is 1. The third-order valence-electron chi connectivity index (χ3n) is 3.42. The molecule has 0 saturated heterocycles. The molecule has 1 atom stereocenters. The highest BCUT2D eigenvalue weighted by Gasteiger charge is 2.15. The van der Waals surface area contributed by atoms with Crippen LogP contribution in [0.15, 0.2) is 35.0 Å². The fourth-order valence-electron chi connectivity index (χ4n) is 2.17. The first kappa shape index (κ1) is 17.6. The lowest BCUT2D eigenvalue weighted by Gasteiger charge is -2.24. The molecule has 0 bridgehead atoms. The lowest BCUT2D eigenvalue weighted by Crippen LogP contribution is -2.36. The van der Waals surface area contributed by atoms with E-state index in [1.54, 1.807) is 36.6 Å². The molecule has 0 aliphatic carbocycles. The number of methoxy groups -OCH3 is 1. The molecule has 2 N–H and O–H groups in total. The lowest BCUT2D eigenvalue weighted by molar-refractivity contribution is 0.243. The average Bonchev–Trinajstić information content (AvgIpc) is 3.01. The molecule has 0 radical (unpaired) electrons. The van der Waals surface area contributed by atoms with Crippen molar-refractivity contribution in [1.82, 2.24) is 10.2 Å². The Morgan fingerprint density at radius 1 is 1.39 bits per heavy atom. The van der Waals surface area contributed by atoms with Gasteiger partial charge in [-0.1, -0.05) is 11.6 Å². The van der Waals surface area contributed by atoms with Gasteiger partial charge in [0.2, 0.25) is 0 Å². The van der Waals surface area contributed by atoms with Crippen LogP contribution in [-0.2, 0) is 0 Å². The van der Waals surface area contributed by atoms with Crippen molar-refractivity contribution in [2.24, 2.45) is 0 Å². The van der Waals surface area contributed by atoms with Gasteiger partial charge in [0.05, 0.1) is 18.2 Å². The number of anilines is 1. The number of nitrogens with zero attached hydrogens (tertiary/aromatic N) is 1. The summed E-state index contributed by atoms with van der Waals surface area (Å²) in [4.78, 5) is 14.1. The number of thiophene rings is 1. The van der Waals surface area contributed by atoms with E-state index in [4.69, 9.17) is 16.3 Å². The highest BCUT2D eigenvalue weighted by atomic mass is 35.5. The van der Waals surface area contributed by atoms with E-state index in [9.17, 15) is 4.79 Å². The predicted molar refractivity (Wildman–Crippen MR) is 95.8 cm³/mol. The summed E-state index contributed by atoms with van der Waals surface area (Å²) in [6.07, 6.45) is 0. The van der Waals surface area contributed by atoms with Crippen LogP contribution >= 0.6 is 22.9 Å². The van der Waals surface area contributed by atoms with Crippen LogP contribution in [0.4, 0.5) is 10.5 Å². The minimum atomic E-state index is -0.270. The van der Waals surface area contributed by atoms with Gasteiger partial charge in [-0.2, -0.15) is 11.3 Å². The molecule has 5 nitrogen and oxygen atoms in total. The predicted octanol–water partition coefficient (Wildman–Crippen LogP) is 3.83. The molecule has 0 aliphatic rings. The minimum Gasteiger partial charge on any atom is -0.495 e. The number of ether oxygens (including phenoxy) is 1. The minimum absolute atomic E-state index is 0.131. The molecule has 0 fully saturated rings. The zero-order chi connectivity index (χ0) is 16.8. The number of carbonyl (C=O) groups is 1. The van der Waals surface area contributed by atoms with E-state index in [1.165, 1.54) is 5.56 Å². The second-order valence-corrected chi connectivity index (χ2v) is 6.41. The van der Waals surface area contributed by atoms with E-state index in [1.807, 2.05) is 19.5 Å². The fourth-order valence-corrected chi connectivity index (χ4v) is 3.14. The Kier molecular flexibility index (Phi) is 6.27. The first-order chi connectivity index (χ1) is 11.0. The molecule has 0 aliphatic heterocycles. The number of amides is 2. The number of benzene rings is 1. The van der Waals surface area contributed by atoms with Crippen LogP contribution in [0.5, 0.6) is 5.75 Å². The van der Waals surface area contributed by atoms with Crippen molar-refractivity contribution in [3.63, 3.8) is 0 Å². The van der Waals surface area contributed by atoms with Crippen LogP contribution in [0.2, 0.25) is 5.02 Å². The Bertz CT molecular complexity index is 647. The van der Waals surface area contributed by atoms with Gasteiger partial charge in [-0.3, -0.25) is 0 Å². The maximum absolute atomic E-state index is 12.1. The summed E-state index contributed by atoms with van der Waals surface area (Å²) in [5.41, 5.74) is 1.80. The molecule has 2 rings (SSSR count). The second kappa shape index (κ2) is 8.19. The van der Waals surface area contributed by atoms with E-state index >= 15 is 0 Å². The number of likely N-dealkylation sites (N-methyl/N-ethyl adjacent to an activating group) is 1. The number of carbonyl (C=O) groups excluding carboxylic acids is 1. The highest BCUT2D eigenvalue weighted by molar-refractivity contribution is 7.07. The van der Waals surface area contributed by atoms with Gasteiger partial charge < -0.3 is 20.3 Å². The first-order valence-corrected chi connectivity index (χ1v) is 8.40. The van der Waals surface area contributed by atoms with Gasteiger partial charge >= 0.3 is 6.03 Å². The van der Waals surface area contributed by atoms with E-state index in [2.05, 4.69) is 27.0 Å². The van der Waals surface area contributed by atoms with Gasteiger partial charge in [0.15, 0.2) is 0 Å². The van der Waals surface area contributed by atoms with Gasteiger partial charge in [-0.15, -0.1) is 0 Å². The maximum atomic E-state index is 12.1. The molecule has 1 heterocycles. The van der Waals surface area contributed by atoms with E-state index in [0.717, 1.165) is 0 Å². The van der Waals surface area contributed by atoms with E-state index in [0.29, 0.717) is 23.0 Å². The van der Waals surface area contributed by atoms with Crippen molar-refractivity contribution in [1.29, 1.82) is 0 Å². The quantitative estimate of drug-likeness (QED) is 0.829. The fraction of sp³-hybridized carbons (Fsp3) is 0.312. The van der Waals surface area contributed by atoms with Crippen LogP contribution < -0.4 is 15.4 Å². The smallest absolute Gasteiger partial charge is 0.319 e. The van der Waals surface area contributed by atoms with Crippen LogP contribution in [0, 0.1) is 0 Å². The average molecular weight is 354 g/mol. The van der Waals surface area contributed by atoms with Crippen molar-refractivity contribution in [2.75, 3.05) is 33.1 Å². The summed E-state index contributed by atoms with van der Waals surface area (Å²) in [5, 5.41) is 10.2. The number of urea groups is 1. The molecule has 23 heavy (non-hydrogen) atoms. The Balaban J connectivity index is 1.93. The topological polar surface area (TPSA) is 53.6 Å². The van der Waals surface area contributed by atoms with Crippen molar-refractivity contribution in [3.8, 4) is 5.75 Å². The molecule has 1 aromatic carbocycles. The molecule has 2 amide bonds. The van der Waals surface area contributed by atoms with Crippen molar-refractivity contribution in [2.45, 2.75) is 6.04 Å². The Hall–Kier alpha value is -1.76. The second-order valence-electron chi connectivity index (χ2n) is 5.22. The molecule has 2 aromatic rings. The normalized spacial score (nSPS) is 12.0. The molecule has 124 valence electrons. The molecular weight excluding hydrogens is 334 g/mol. The van der Waals surface area contributed by atoms with Crippen LogP contribution in [-0.4, -0.2) is 38.7 Å². The summed E-state index contributed by atoms with van der Waals surface area (Å²) < 4.78 is 5.09. The number of nitrogens with one attached hydrogen (secondary N) is 2. The van der Waals surface area contributed by atoms with Gasteiger partial charge in [-0.05, 0) is 54.7 Å². The highest BCUT2D eigenvalue weighted by Crippen LogP contribution is 2.27. The van der Waals surface area contributed by atoms with Gasteiger partial charge in [-0.25, -0.2) is 4.79 Å². The maximum Gasteiger partial charge on any atom is 0.319 e. The van der Waals surface area contributed by atoms with E-state index < -0.39 is 0 Å². The standard InChI is InChI=1S/C16H20ClN3O2S/c1-20(2)14(11-6-7-23-10-11)9-18-16(21)19-12-4-5-15(22-3)13(17)8-12/h4-8,10,14H,9H2,1-3H3,(H2,18,19,21)/t14-/m0/s1. The largest absolute Gasteiger partial charge is 0.495 e. The lowest BCUT2D eigenvalue weighted by atomic mass is 10.1. The van der Waals surface area contributed by atoms with Gasteiger partial charge in [0.1, 0.15) is 5.75 Å². The number of hydrogen-bond acceptors (Lipinski definition) is 4. The van der Waals surface area contributed by atoms with E-state index in [-0.39, 0.29) is 12.1 Å².